The minimum absolute atomic E-state index is 0.940. The lowest BCUT2D eigenvalue weighted by atomic mass is 9.84. The number of pyridine rings is 2. The van der Waals surface area contributed by atoms with E-state index in [-0.39, 0.29) is 0 Å². The van der Waals surface area contributed by atoms with E-state index in [1.165, 1.54) is 38.9 Å². The molecule has 0 aliphatic rings. The first kappa shape index (κ1) is 43.8. The van der Waals surface area contributed by atoms with Crippen molar-refractivity contribution in [3.05, 3.63) is 291 Å². The summed E-state index contributed by atoms with van der Waals surface area (Å²) in [6.45, 7) is 0. The van der Waals surface area contributed by atoms with E-state index in [9.17, 15) is 0 Å². The van der Waals surface area contributed by atoms with Gasteiger partial charge >= 0.3 is 0 Å². The molecule has 0 saturated heterocycles. The molecule has 2 aromatic heterocycles. The Bertz CT molecular complexity index is 3650. The van der Waals surface area contributed by atoms with Gasteiger partial charge in [0.1, 0.15) is 0 Å². The molecule has 0 saturated carbocycles. The largest absolute Gasteiger partial charge is 0.256 e. The highest BCUT2D eigenvalue weighted by molar-refractivity contribution is 5.97. The lowest BCUT2D eigenvalue weighted by molar-refractivity contribution is 1.33. The monoisotopic (exact) mass is 916 g/mol. The maximum atomic E-state index is 4.77. The van der Waals surface area contributed by atoms with E-state index in [1.54, 1.807) is 0 Å². The molecule has 0 atom stereocenters. The minimum Gasteiger partial charge on any atom is -0.256 e. The Hall–Kier alpha value is -9.50. The summed E-state index contributed by atoms with van der Waals surface area (Å²) in [5.74, 6) is 0. The van der Waals surface area contributed by atoms with E-state index in [1.807, 2.05) is 30.6 Å². The first-order valence-corrected chi connectivity index (χ1v) is 24.5. The smallest absolute Gasteiger partial charge is 0.0702 e. The fourth-order valence-corrected chi connectivity index (χ4v) is 10.0. The third-order valence-electron chi connectivity index (χ3n) is 13.7. The molecule has 10 aromatic carbocycles. The molecule has 0 fully saturated rings. The zero-order valence-electron chi connectivity index (χ0n) is 39.6. The zero-order chi connectivity index (χ0) is 48.1. The second kappa shape index (κ2) is 19.8. The van der Waals surface area contributed by atoms with Gasteiger partial charge in [0, 0.05) is 23.5 Å². The van der Waals surface area contributed by atoms with Crippen LogP contribution in [-0.4, -0.2) is 9.97 Å². The van der Waals surface area contributed by atoms with Crippen LogP contribution in [0, 0.1) is 0 Å². The summed E-state index contributed by atoms with van der Waals surface area (Å²) >= 11 is 0. The highest BCUT2D eigenvalue weighted by Gasteiger charge is 2.19. The van der Waals surface area contributed by atoms with Crippen LogP contribution in [0.25, 0.3) is 123 Å². The van der Waals surface area contributed by atoms with Crippen LogP contribution in [0.15, 0.2) is 291 Å². The van der Waals surface area contributed by atoms with Gasteiger partial charge in [-0.25, -0.2) is 0 Å². The van der Waals surface area contributed by atoms with Crippen molar-refractivity contribution >= 4 is 0 Å². The van der Waals surface area contributed by atoms with Crippen molar-refractivity contribution in [3.8, 4) is 123 Å². The predicted octanol–water partition coefficient (Wildman–Crippen LogP) is 18.8. The topological polar surface area (TPSA) is 25.8 Å². The summed E-state index contributed by atoms with van der Waals surface area (Å²) in [6, 6.07) is 101. The fourth-order valence-electron chi connectivity index (χ4n) is 10.0. The molecule has 0 N–H and O–H groups in total. The second-order valence-corrected chi connectivity index (χ2v) is 18.1. The van der Waals surface area contributed by atoms with Crippen molar-refractivity contribution in [1.82, 2.24) is 9.97 Å². The average Bonchev–Trinajstić information content (AvgIpc) is 3.48. The number of hydrogen-bond donors (Lipinski definition) is 0. The average molecular weight is 917 g/mol. The van der Waals surface area contributed by atoms with Crippen molar-refractivity contribution in [2.24, 2.45) is 0 Å². The Labute approximate surface area is 421 Å². The van der Waals surface area contributed by atoms with Gasteiger partial charge in [0.25, 0.3) is 0 Å². The Balaban J connectivity index is 1.03. The summed E-state index contributed by atoms with van der Waals surface area (Å²) in [5, 5.41) is 0. The van der Waals surface area contributed by atoms with Gasteiger partial charge in [0.2, 0.25) is 0 Å². The molecular weight excluding hydrogens is 869 g/mol. The molecule has 0 radical (unpaired) electrons. The van der Waals surface area contributed by atoms with Crippen LogP contribution < -0.4 is 0 Å². The lowest BCUT2D eigenvalue weighted by Crippen LogP contribution is -1.94. The van der Waals surface area contributed by atoms with Gasteiger partial charge in [-0.15, -0.1) is 0 Å². The third kappa shape index (κ3) is 8.97. The molecule has 0 aliphatic heterocycles. The summed E-state index contributed by atoms with van der Waals surface area (Å²) < 4.78 is 0. The molecule has 2 nitrogen and oxygen atoms in total. The van der Waals surface area contributed by atoms with E-state index in [4.69, 9.17) is 4.98 Å². The minimum atomic E-state index is 0.940. The number of nitrogens with zero attached hydrogens (tertiary/aromatic N) is 2. The van der Waals surface area contributed by atoms with Crippen LogP contribution in [-0.2, 0) is 0 Å². The first-order chi connectivity index (χ1) is 35.7. The summed E-state index contributed by atoms with van der Waals surface area (Å²) in [7, 11) is 0. The van der Waals surface area contributed by atoms with Crippen LogP contribution in [0.5, 0.6) is 0 Å². The molecule has 2 heterocycles. The molecular formula is C70H48N2. The molecule has 12 aromatic rings. The van der Waals surface area contributed by atoms with Gasteiger partial charge in [-0.3, -0.25) is 9.97 Å². The maximum absolute atomic E-state index is 4.77. The van der Waals surface area contributed by atoms with Crippen LogP contribution in [0.2, 0.25) is 0 Å². The van der Waals surface area contributed by atoms with Crippen molar-refractivity contribution in [1.29, 1.82) is 0 Å². The number of rotatable bonds is 11. The lowest BCUT2D eigenvalue weighted by Gasteiger charge is -2.19. The molecule has 0 bridgehead atoms. The quantitative estimate of drug-likeness (QED) is 0.129. The van der Waals surface area contributed by atoms with Gasteiger partial charge in [0.05, 0.1) is 11.4 Å². The number of hydrogen-bond acceptors (Lipinski definition) is 2. The van der Waals surface area contributed by atoms with E-state index in [0.717, 1.165) is 83.7 Å². The summed E-state index contributed by atoms with van der Waals surface area (Å²) in [4.78, 5) is 9.40. The number of benzene rings is 10. The highest BCUT2D eigenvalue weighted by Crippen LogP contribution is 2.45. The normalized spacial score (nSPS) is 11.1. The molecule has 0 unspecified atom stereocenters. The van der Waals surface area contributed by atoms with Crippen LogP contribution >= 0.6 is 0 Å². The van der Waals surface area contributed by atoms with Gasteiger partial charge in [-0.2, -0.15) is 0 Å². The van der Waals surface area contributed by atoms with Gasteiger partial charge in [-0.05, 0) is 149 Å². The molecule has 12 rings (SSSR count). The third-order valence-corrected chi connectivity index (χ3v) is 13.7. The Morgan fingerprint density at radius 1 is 0.153 bits per heavy atom. The standard InChI is InChI=1S/C70H48N2/c1-3-17-49(18-4-1)51-29-33-53(34-30-51)61-21-7-9-23-63(61)58-45-59(64-24-10-8-22-62(64)54-37-39-56(40-38-54)69-27-13-15-43-71-69)47-60(46-58)65-25-11-12-26-66(65)67-42-41-57(70-28-14-16-44-72-70)48-68(67)55-35-31-52(32-36-55)50-19-5-2-6-20-50/h1-48H. The molecule has 338 valence electrons. The molecule has 0 aliphatic carbocycles. The zero-order valence-corrected chi connectivity index (χ0v) is 39.6. The summed E-state index contributed by atoms with van der Waals surface area (Å²) in [5.41, 5.74) is 25.0. The second-order valence-electron chi connectivity index (χ2n) is 18.1. The molecule has 2 heteroatoms. The van der Waals surface area contributed by atoms with Gasteiger partial charge < -0.3 is 0 Å². The van der Waals surface area contributed by atoms with Gasteiger partial charge in [-0.1, -0.05) is 231 Å². The summed E-state index contributed by atoms with van der Waals surface area (Å²) in [6.07, 6.45) is 3.71. The van der Waals surface area contributed by atoms with Crippen molar-refractivity contribution < 1.29 is 0 Å². The van der Waals surface area contributed by atoms with Gasteiger partial charge in [0.15, 0.2) is 0 Å². The van der Waals surface area contributed by atoms with E-state index >= 15 is 0 Å². The van der Waals surface area contributed by atoms with Crippen molar-refractivity contribution in [3.63, 3.8) is 0 Å². The van der Waals surface area contributed by atoms with E-state index in [2.05, 4.69) is 266 Å². The van der Waals surface area contributed by atoms with Crippen LogP contribution in [0.4, 0.5) is 0 Å². The SMILES string of the molecule is c1ccc(-c2ccc(-c3ccccc3-c3cc(-c4ccccc4-c4ccc(-c5ccccn5)cc4)cc(-c4ccccc4-c4ccc(-c5ccccn5)cc4-c4ccc(-c5ccccc5)cc4)c3)cc2)cc1. The van der Waals surface area contributed by atoms with E-state index in [0.29, 0.717) is 0 Å². The first-order valence-electron chi connectivity index (χ1n) is 24.5. The Morgan fingerprint density at radius 2 is 0.444 bits per heavy atom. The fraction of sp³-hybridized carbons (Fsp3) is 0. The molecule has 72 heavy (non-hydrogen) atoms. The Kier molecular flexibility index (Phi) is 12.1. The number of aromatic nitrogens is 2. The van der Waals surface area contributed by atoms with Crippen LogP contribution in [0.3, 0.4) is 0 Å². The Morgan fingerprint density at radius 3 is 0.875 bits per heavy atom. The molecule has 0 spiro atoms. The maximum Gasteiger partial charge on any atom is 0.0702 e. The van der Waals surface area contributed by atoms with Crippen molar-refractivity contribution in [2.75, 3.05) is 0 Å². The van der Waals surface area contributed by atoms with Crippen LogP contribution in [0.1, 0.15) is 0 Å². The predicted molar refractivity (Wildman–Crippen MR) is 302 cm³/mol. The van der Waals surface area contributed by atoms with E-state index < -0.39 is 0 Å². The van der Waals surface area contributed by atoms with Crippen molar-refractivity contribution in [2.45, 2.75) is 0 Å². The highest BCUT2D eigenvalue weighted by atomic mass is 14.7. The molecule has 0 amide bonds.